The number of rotatable bonds is 4. The Morgan fingerprint density at radius 1 is 1.40 bits per heavy atom. The van der Waals surface area contributed by atoms with Gasteiger partial charge in [-0.05, 0) is 31.5 Å². The molecule has 7 heteroatoms. The van der Waals surface area contributed by atoms with Gasteiger partial charge < -0.3 is 10.7 Å². The Morgan fingerprint density at radius 3 is 2.65 bits per heavy atom. The molecule has 1 aromatic carbocycles. The van der Waals surface area contributed by atoms with Crippen molar-refractivity contribution >= 4 is 15.7 Å². The molecule has 2 rings (SSSR count). The summed E-state index contributed by atoms with van der Waals surface area (Å²) in [5.41, 5.74) is 7.18. The lowest BCUT2D eigenvalue weighted by Crippen LogP contribution is -2.30. The summed E-state index contributed by atoms with van der Waals surface area (Å²) in [6.07, 6.45) is 1.33. The average Bonchev–Trinajstić information content (AvgIpc) is 2.84. The highest BCUT2D eigenvalue weighted by molar-refractivity contribution is 7.89. The molecule has 1 atom stereocenters. The Bertz CT molecular complexity index is 709. The zero-order valence-corrected chi connectivity index (χ0v) is 12.5. The van der Waals surface area contributed by atoms with Crippen LogP contribution in [0.15, 0.2) is 35.5 Å². The van der Waals surface area contributed by atoms with Crippen LogP contribution in [0, 0.1) is 6.92 Å². The van der Waals surface area contributed by atoms with E-state index in [1.54, 1.807) is 26.1 Å². The van der Waals surface area contributed by atoms with Crippen molar-refractivity contribution in [3.05, 3.63) is 41.9 Å². The SMILES string of the molecule is Cc1ncc(S(=O)(=O)N(C)C(C)c2cccc(N)c2)[nH]1. The van der Waals surface area contributed by atoms with Crippen LogP contribution in [0.3, 0.4) is 0 Å². The summed E-state index contributed by atoms with van der Waals surface area (Å²) >= 11 is 0. The van der Waals surface area contributed by atoms with E-state index in [4.69, 9.17) is 5.73 Å². The molecular weight excluding hydrogens is 276 g/mol. The molecule has 1 heterocycles. The molecule has 20 heavy (non-hydrogen) atoms. The number of hydrogen-bond acceptors (Lipinski definition) is 4. The maximum atomic E-state index is 12.5. The molecular formula is C13H18N4O2S. The van der Waals surface area contributed by atoms with E-state index in [9.17, 15) is 8.42 Å². The third-order valence-electron chi connectivity index (χ3n) is 3.28. The normalized spacial score (nSPS) is 13.6. The molecule has 0 aliphatic heterocycles. The van der Waals surface area contributed by atoms with Gasteiger partial charge in [0.1, 0.15) is 5.82 Å². The molecule has 0 spiro atoms. The fourth-order valence-electron chi connectivity index (χ4n) is 1.92. The van der Waals surface area contributed by atoms with Crippen LogP contribution in [0.2, 0.25) is 0 Å². The Labute approximate surface area is 118 Å². The number of anilines is 1. The molecule has 6 nitrogen and oxygen atoms in total. The summed E-state index contributed by atoms with van der Waals surface area (Å²) in [6, 6.07) is 6.87. The molecule has 0 aliphatic rings. The van der Waals surface area contributed by atoms with Crippen molar-refractivity contribution in [3.63, 3.8) is 0 Å². The number of nitrogens with two attached hydrogens (primary N) is 1. The molecule has 0 saturated carbocycles. The lowest BCUT2D eigenvalue weighted by atomic mass is 10.1. The Kier molecular flexibility index (Phi) is 3.82. The summed E-state index contributed by atoms with van der Waals surface area (Å²) in [4.78, 5) is 6.68. The minimum atomic E-state index is -3.60. The highest BCUT2D eigenvalue weighted by atomic mass is 32.2. The Balaban J connectivity index is 2.33. The van der Waals surface area contributed by atoms with E-state index in [1.807, 2.05) is 19.1 Å². The first-order valence-corrected chi connectivity index (χ1v) is 7.61. The minimum absolute atomic E-state index is 0.0910. The molecule has 108 valence electrons. The van der Waals surface area contributed by atoms with E-state index in [1.165, 1.54) is 10.5 Å². The van der Waals surface area contributed by atoms with Gasteiger partial charge in [-0.2, -0.15) is 4.31 Å². The van der Waals surface area contributed by atoms with Crippen LogP contribution in [0.25, 0.3) is 0 Å². The first kappa shape index (κ1) is 14.5. The Morgan fingerprint density at radius 2 is 2.10 bits per heavy atom. The van der Waals surface area contributed by atoms with E-state index >= 15 is 0 Å². The van der Waals surface area contributed by atoms with Crippen LogP contribution in [-0.4, -0.2) is 29.7 Å². The monoisotopic (exact) mass is 294 g/mol. The van der Waals surface area contributed by atoms with Gasteiger partial charge in [-0.25, -0.2) is 13.4 Å². The quantitative estimate of drug-likeness (QED) is 0.839. The van der Waals surface area contributed by atoms with E-state index < -0.39 is 10.0 Å². The second-order valence-corrected chi connectivity index (χ2v) is 6.67. The van der Waals surface area contributed by atoms with E-state index in [-0.39, 0.29) is 11.1 Å². The zero-order chi connectivity index (χ0) is 14.9. The van der Waals surface area contributed by atoms with Gasteiger partial charge in [0.05, 0.1) is 6.20 Å². The van der Waals surface area contributed by atoms with E-state index in [0.717, 1.165) is 5.56 Å². The predicted molar refractivity (Wildman–Crippen MR) is 77.5 cm³/mol. The molecule has 0 saturated heterocycles. The van der Waals surface area contributed by atoms with E-state index in [0.29, 0.717) is 11.5 Å². The van der Waals surface area contributed by atoms with Crippen molar-refractivity contribution in [2.75, 3.05) is 12.8 Å². The van der Waals surface area contributed by atoms with Crippen molar-refractivity contribution in [1.82, 2.24) is 14.3 Å². The number of sulfonamides is 1. The maximum absolute atomic E-state index is 12.5. The van der Waals surface area contributed by atoms with Crippen molar-refractivity contribution in [2.45, 2.75) is 24.9 Å². The fraction of sp³-hybridized carbons (Fsp3) is 0.308. The van der Waals surface area contributed by atoms with Crippen molar-refractivity contribution in [1.29, 1.82) is 0 Å². The number of benzene rings is 1. The molecule has 0 fully saturated rings. The maximum Gasteiger partial charge on any atom is 0.260 e. The number of aromatic nitrogens is 2. The van der Waals surface area contributed by atoms with Gasteiger partial charge in [0.15, 0.2) is 5.03 Å². The number of aromatic amines is 1. The topological polar surface area (TPSA) is 92.1 Å². The van der Waals surface area contributed by atoms with Gasteiger partial charge in [0.2, 0.25) is 0 Å². The first-order valence-electron chi connectivity index (χ1n) is 6.17. The van der Waals surface area contributed by atoms with Crippen molar-refractivity contribution < 1.29 is 8.42 Å². The summed E-state index contributed by atoms with van der Waals surface area (Å²) in [5, 5.41) is 0.0910. The number of imidazole rings is 1. The first-order chi connectivity index (χ1) is 9.32. The number of hydrogen-bond donors (Lipinski definition) is 2. The minimum Gasteiger partial charge on any atom is -0.399 e. The van der Waals surface area contributed by atoms with Crippen LogP contribution < -0.4 is 5.73 Å². The zero-order valence-electron chi connectivity index (χ0n) is 11.7. The molecule has 0 radical (unpaired) electrons. The van der Waals surface area contributed by atoms with Gasteiger partial charge in [0, 0.05) is 18.8 Å². The second-order valence-electron chi connectivity index (χ2n) is 4.70. The molecule has 2 aromatic rings. The van der Waals surface area contributed by atoms with Crippen LogP contribution >= 0.6 is 0 Å². The van der Waals surface area contributed by atoms with Crippen LogP contribution in [0.4, 0.5) is 5.69 Å². The molecule has 0 aliphatic carbocycles. The van der Waals surface area contributed by atoms with Crippen molar-refractivity contribution in [2.24, 2.45) is 0 Å². The van der Waals surface area contributed by atoms with Gasteiger partial charge in [-0.1, -0.05) is 12.1 Å². The molecule has 1 unspecified atom stereocenters. The highest BCUT2D eigenvalue weighted by Gasteiger charge is 2.27. The molecule has 1 aromatic heterocycles. The number of nitrogen functional groups attached to an aromatic ring is 1. The van der Waals surface area contributed by atoms with Gasteiger partial charge in [0.25, 0.3) is 10.0 Å². The third-order valence-corrected chi connectivity index (χ3v) is 5.11. The van der Waals surface area contributed by atoms with Crippen molar-refractivity contribution in [3.8, 4) is 0 Å². The molecule has 0 amide bonds. The largest absolute Gasteiger partial charge is 0.399 e. The van der Waals surface area contributed by atoms with Crippen LogP contribution in [-0.2, 0) is 10.0 Å². The number of aryl methyl sites for hydroxylation is 1. The van der Waals surface area contributed by atoms with E-state index in [2.05, 4.69) is 9.97 Å². The lowest BCUT2D eigenvalue weighted by molar-refractivity contribution is 0.397. The predicted octanol–water partition coefficient (Wildman–Crippen LogP) is 1.68. The third kappa shape index (κ3) is 2.68. The average molecular weight is 294 g/mol. The van der Waals surface area contributed by atoms with Crippen LogP contribution in [0.5, 0.6) is 0 Å². The smallest absolute Gasteiger partial charge is 0.260 e. The second kappa shape index (κ2) is 5.26. The van der Waals surface area contributed by atoms with Gasteiger partial charge >= 0.3 is 0 Å². The standard InChI is InChI=1S/C13H18N4O2S/c1-9(11-5-4-6-12(14)7-11)17(3)20(18,19)13-8-15-10(2)16-13/h4-9H,14H2,1-3H3,(H,15,16). The molecule has 0 bridgehead atoms. The summed E-state index contributed by atoms with van der Waals surface area (Å²) in [5.74, 6) is 0.564. The van der Waals surface area contributed by atoms with Gasteiger partial charge in [-0.15, -0.1) is 0 Å². The van der Waals surface area contributed by atoms with Crippen LogP contribution in [0.1, 0.15) is 24.4 Å². The summed E-state index contributed by atoms with van der Waals surface area (Å²) in [6.45, 7) is 3.52. The Hall–Kier alpha value is -1.86. The number of H-pyrrole nitrogens is 1. The lowest BCUT2D eigenvalue weighted by Gasteiger charge is -2.24. The summed E-state index contributed by atoms with van der Waals surface area (Å²) < 4.78 is 26.2. The summed E-state index contributed by atoms with van der Waals surface area (Å²) in [7, 11) is -2.06. The molecule has 3 N–H and O–H groups in total. The van der Waals surface area contributed by atoms with Gasteiger partial charge in [-0.3, -0.25) is 0 Å². The number of nitrogens with zero attached hydrogens (tertiary/aromatic N) is 2. The highest BCUT2D eigenvalue weighted by Crippen LogP contribution is 2.25. The fourth-order valence-corrected chi connectivity index (χ4v) is 3.23. The number of nitrogens with one attached hydrogen (secondary N) is 1.